The number of anilines is 1. The van der Waals surface area contributed by atoms with Crippen molar-refractivity contribution in [2.24, 2.45) is 0 Å². The van der Waals surface area contributed by atoms with E-state index >= 15 is 0 Å². The predicted octanol–water partition coefficient (Wildman–Crippen LogP) is 1.93. The van der Waals surface area contributed by atoms with Crippen LogP contribution in [0.3, 0.4) is 0 Å². The van der Waals surface area contributed by atoms with Gasteiger partial charge in [0.25, 0.3) is 0 Å². The molecule has 2 aromatic heterocycles. The maximum Gasteiger partial charge on any atom is 0.244 e. The highest BCUT2D eigenvalue weighted by Crippen LogP contribution is 2.09. The third kappa shape index (κ3) is 4.17. The Labute approximate surface area is 122 Å². The second-order valence-corrected chi connectivity index (χ2v) is 5.29. The van der Waals surface area contributed by atoms with Gasteiger partial charge in [-0.2, -0.15) is 0 Å². The predicted molar refractivity (Wildman–Crippen MR) is 81.6 cm³/mol. The molecule has 2 rings (SSSR count). The van der Waals surface area contributed by atoms with Crippen LogP contribution in [0.2, 0.25) is 0 Å². The first-order valence-electron chi connectivity index (χ1n) is 6.14. The van der Waals surface area contributed by atoms with Gasteiger partial charge in [-0.25, -0.2) is 9.97 Å². The third-order valence-electron chi connectivity index (χ3n) is 2.49. The van der Waals surface area contributed by atoms with Crippen LogP contribution < -0.4 is 10.2 Å². The van der Waals surface area contributed by atoms with Gasteiger partial charge in [-0.3, -0.25) is 4.79 Å². The monoisotopic (exact) mass is 288 g/mol. The molecule has 6 heteroatoms. The third-order valence-corrected chi connectivity index (χ3v) is 3.32. The molecule has 20 heavy (non-hydrogen) atoms. The Hall–Kier alpha value is -2.21. The van der Waals surface area contributed by atoms with Gasteiger partial charge in [-0.15, -0.1) is 11.3 Å². The van der Waals surface area contributed by atoms with Gasteiger partial charge >= 0.3 is 0 Å². The van der Waals surface area contributed by atoms with Crippen LogP contribution in [0.15, 0.2) is 35.9 Å². The summed E-state index contributed by atoms with van der Waals surface area (Å²) in [7, 11) is 3.75. The Morgan fingerprint density at radius 3 is 3.00 bits per heavy atom. The van der Waals surface area contributed by atoms with Crippen LogP contribution in [0, 0.1) is 0 Å². The van der Waals surface area contributed by atoms with Crippen LogP contribution in [0.4, 0.5) is 5.95 Å². The molecule has 0 bridgehead atoms. The average molecular weight is 288 g/mol. The van der Waals surface area contributed by atoms with Crippen LogP contribution >= 0.6 is 11.3 Å². The molecular weight excluding hydrogens is 272 g/mol. The molecule has 0 aliphatic carbocycles. The molecule has 5 nitrogen and oxygen atoms in total. The van der Waals surface area contributed by atoms with Gasteiger partial charge in [-0.05, 0) is 23.6 Å². The van der Waals surface area contributed by atoms with Gasteiger partial charge in [-0.1, -0.05) is 6.07 Å². The number of hydrogen-bond acceptors (Lipinski definition) is 5. The normalized spacial score (nSPS) is 10.7. The zero-order valence-electron chi connectivity index (χ0n) is 11.4. The molecule has 0 saturated carbocycles. The lowest BCUT2D eigenvalue weighted by Crippen LogP contribution is -2.22. The number of rotatable bonds is 5. The van der Waals surface area contributed by atoms with Crippen molar-refractivity contribution < 1.29 is 4.79 Å². The molecule has 1 amide bonds. The van der Waals surface area contributed by atoms with E-state index in [4.69, 9.17) is 0 Å². The largest absolute Gasteiger partial charge is 0.347 e. The maximum atomic E-state index is 11.7. The van der Waals surface area contributed by atoms with Crippen LogP contribution in [-0.4, -0.2) is 30.0 Å². The summed E-state index contributed by atoms with van der Waals surface area (Å²) in [5.41, 5.74) is 0.779. The molecule has 0 saturated heterocycles. The minimum Gasteiger partial charge on any atom is -0.347 e. The second-order valence-electron chi connectivity index (χ2n) is 4.31. The van der Waals surface area contributed by atoms with Gasteiger partial charge in [0.1, 0.15) is 0 Å². The minimum absolute atomic E-state index is 0.136. The van der Waals surface area contributed by atoms with Crippen molar-refractivity contribution in [2.75, 3.05) is 19.0 Å². The number of nitrogens with one attached hydrogen (secondary N) is 1. The van der Waals surface area contributed by atoms with E-state index in [9.17, 15) is 4.79 Å². The molecule has 2 heterocycles. The summed E-state index contributed by atoms with van der Waals surface area (Å²) in [5, 5.41) is 4.77. The Bertz CT molecular complexity index is 593. The average Bonchev–Trinajstić information content (AvgIpc) is 2.96. The molecule has 0 unspecified atom stereocenters. The SMILES string of the molecule is CN(C)c1nccc(CNC(=O)/C=C/c2cccs2)n1. The van der Waals surface area contributed by atoms with E-state index in [1.54, 1.807) is 29.7 Å². The van der Waals surface area contributed by atoms with Crippen molar-refractivity contribution in [3.8, 4) is 0 Å². The molecule has 0 radical (unpaired) electrons. The molecule has 0 fully saturated rings. The van der Waals surface area contributed by atoms with E-state index in [2.05, 4.69) is 15.3 Å². The number of carbonyl (C=O) groups is 1. The molecule has 1 N–H and O–H groups in total. The summed E-state index contributed by atoms with van der Waals surface area (Å²) in [4.78, 5) is 23.0. The highest BCUT2D eigenvalue weighted by Gasteiger charge is 2.02. The van der Waals surface area contributed by atoms with Crippen molar-refractivity contribution in [2.45, 2.75) is 6.54 Å². The highest BCUT2D eigenvalue weighted by molar-refractivity contribution is 7.10. The fourth-order valence-corrected chi connectivity index (χ4v) is 2.10. The molecule has 0 spiro atoms. The summed E-state index contributed by atoms with van der Waals surface area (Å²) in [6.07, 6.45) is 5.01. The highest BCUT2D eigenvalue weighted by atomic mass is 32.1. The molecule has 104 valence electrons. The van der Waals surface area contributed by atoms with Crippen molar-refractivity contribution in [3.05, 3.63) is 46.4 Å². The van der Waals surface area contributed by atoms with Crippen LogP contribution in [0.1, 0.15) is 10.6 Å². The first-order chi connectivity index (χ1) is 9.65. The summed E-state index contributed by atoms with van der Waals surface area (Å²) in [6, 6.07) is 5.70. The lowest BCUT2D eigenvalue weighted by Gasteiger charge is -2.10. The molecule has 0 aliphatic rings. The smallest absolute Gasteiger partial charge is 0.244 e. The summed E-state index contributed by atoms with van der Waals surface area (Å²) in [6.45, 7) is 0.386. The number of thiophene rings is 1. The van der Waals surface area contributed by atoms with Crippen molar-refractivity contribution in [1.82, 2.24) is 15.3 Å². The number of aromatic nitrogens is 2. The molecule has 2 aromatic rings. The van der Waals surface area contributed by atoms with Gasteiger partial charge in [0.2, 0.25) is 11.9 Å². The van der Waals surface area contributed by atoms with Crippen LogP contribution in [0.5, 0.6) is 0 Å². The van der Waals surface area contributed by atoms with Crippen molar-refractivity contribution >= 4 is 29.3 Å². The van der Waals surface area contributed by atoms with E-state index in [-0.39, 0.29) is 5.91 Å². The quantitative estimate of drug-likeness (QED) is 0.854. The van der Waals surface area contributed by atoms with Gasteiger partial charge < -0.3 is 10.2 Å². The molecule has 0 aromatic carbocycles. The summed E-state index contributed by atoms with van der Waals surface area (Å²) >= 11 is 1.59. The zero-order valence-corrected chi connectivity index (χ0v) is 12.2. The Kier molecular flexibility index (Phi) is 4.84. The van der Waals surface area contributed by atoms with E-state index in [1.165, 1.54) is 6.08 Å². The van der Waals surface area contributed by atoms with Gasteiger partial charge in [0.15, 0.2) is 0 Å². The van der Waals surface area contributed by atoms with Gasteiger partial charge in [0, 0.05) is 31.2 Å². The van der Waals surface area contributed by atoms with Crippen molar-refractivity contribution in [3.63, 3.8) is 0 Å². The molecule has 0 atom stereocenters. The topological polar surface area (TPSA) is 58.1 Å². The lowest BCUT2D eigenvalue weighted by molar-refractivity contribution is -0.116. The number of nitrogens with zero attached hydrogens (tertiary/aromatic N) is 3. The lowest BCUT2D eigenvalue weighted by atomic mass is 10.3. The van der Waals surface area contributed by atoms with Crippen molar-refractivity contribution in [1.29, 1.82) is 0 Å². The standard InChI is InChI=1S/C14H16N4OS/c1-18(2)14-15-8-7-11(17-14)10-16-13(19)6-5-12-4-3-9-20-12/h3-9H,10H2,1-2H3,(H,16,19)/b6-5+. The zero-order chi connectivity index (χ0) is 14.4. The molecule has 0 aliphatic heterocycles. The fraction of sp³-hybridized carbons (Fsp3) is 0.214. The first-order valence-corrected chi connectivity index (χ1v) is 7.02. The van der Waals surface area contributed by atoms with E-state index < -0.39 is 0 Å². The Morgan fingerprint density at radius 1 is 1.45 bits per heavy atom. The summed E-state index contributed by atoms with van der Waals surface area (Å²) in [5.74, 6) is 0.495. The van der Waals surface area contributed by atoms with E-state index in [0.717, 1.165) is 10.6 Å². The number of amides is 1. The minimum atomic E-state index is -0.136. The second kappa shape index (κ2) is 6.81. The van der Waals surface area contributed by atoms with E-state index in [0.29, 0.717) is 12.5 Å². The number of hydrogen-bond donors (Lipinski definition) is 1. The maximum absolute atomic E-state index is 11.7. The van der Waals surface area contributed by atoms with Crippen LogP contribution in [0.25, 0.3) is 6.08 Å². The summed E-state index contributed by atoms with van der Waals surface area (Å²) < 4.78 is 0. The number of carbonyl (C=O) groups excluding carboxylic acids is 1. The first kappa shape index (κ1) is 14.2. The Morgan fingerprint density at radius 2 is 2.30 bits per heavy atom. The Balaban J connectivity index is 1.88. The van der Waals surface area contributed by atoms with Gasteiger partial charge in [0.05, 0.1) is 12.2 Å². The van der Waals surface area contributed by atoms with Crippen LogP contribution in [-0.2, 0) is 11.3 Å². The van der Waals surface area contributed by atoms with E-state index in [1.807, 2.05) is 36.5 Å². The molecular formula is C14H16N4OS. The fourth-order valence-electron chi connectivity index (χ4n) is 1.48.